The fourth-order valence-electron chi connectivity index (χ4n) is 2.32. The van der Waals surface area contributed by atoms with Gasteiger partial charge in [0.25, 0.3) is 0 Å². The molecule has 1 aliphatic rings. The van der Waals surface area contributed by atoms with Crippen molar-refractivity contribution in [2.75, 3.05) is 6.26 Å². The van der Waals surface area contributed by atoms with E-state index in [0.717, 1.165) is 27.9 Å². The van der Waals surface area contributed by atoms with Crippen LogP contribution in [-0.2, 0) is 6.54 Å². The van der Waals surface area contributed by atoms with E-state index >= 15 is 0 Å². The number of fused-ring (bicyclic) bond motifs is 3. The van der Waals surface area contributed by atoms with Crippen LogP contribution in [0, 0.1) is 0 Å². The van der Waals surface area contributed by atoms with Crippen molar-refractivity contribution in [2.45, 2.75) is 26.3 Å². The Balaban J connectivity index is 2.29. The molecule has 1 aromatic heterocycles. The highest BCUT2D eigenvalue weighted by Crippen LogP contribution is 2.28. The number of para-hydroxylation sites is 1. The minimum absolute atomic E-state index is 0.338. The zero-order valence-corrected chi connectivity index (χ0v) is 12.1. The molecule has 98 valence electrons. The standard InChI is InChI=1S/C14H16N4S/c1-9(2)13-17-16-12-8-15-14(19-3)10-6-4-5-7-11(10)18(12)13/h4-7,9H,8H2,1-3H3. The van der Waals surface area contributed by atoms with E-state index in [1.54, 1.807) is 11.8 Å². The molecule has 0 amide bonds. The van der Waals surface area contributed by atoms with Crippen LogP contribution in [0.3, 0.4) is 0 Å². The Bertz CT molecular complexity index is 643. The molecule has 0 bridgehead atoms. The van der Waals surface area contributed by atoms with Crippen molar-refractivity contribution in [3.63, 3.8) is 0 Å². The lowest BCUT2D eigenvalue weighted by atomic mass is 10.1. The predicted molar refractivity (Wildman–Crippen MR) is 79.2 cm³/mol. The molecule has 4 nitrogen and oxygen atoms in total. The second-order valence-corrected chi connectivity index (χ2v) is 5.60. The fourth-order valence-corrected chi connectivity index (χ4v) is 2.91. The summed E-state index contributed by atoms with van der Waals surface area (Å²) in [4.78, 5) is 4.65. The highest BCUT2D eigenvalue weighted by molar-refractivity contribution is 8.13. The van der Waals surface area contributed by atoms with Crippen molar-refractivity contribution in [3.05, 3.63) is 41.5 Å². The molecule has 2 heterocycles. The van der Waals surface area contributed by atoms with Crippen molar-refractivity contribution in [1.82, 2.24) is 14.8 Å². The van der Waals surface area contributed by atoms with Crippen molar-refractivity contribution in [1.29, 1.82) is 0 Å². The minimum Gasteiger partial charge on any atom is -0.280 e. The number of aliphatic imine (C=N–C) groups is 1. The Labute approximate surface area is 117 Å². The zero-order valence-electron chi connectivity index (χ0n) is 11.3. The lowest BCUT2D eigenvalue weighted by molar-refractivity contribution is 0.737. The zero-order chi connectivity index (χ0) is 13.4. The van der Waals surface area contributed by atoms with Crippen molar-refractivity contribution in [3.8, 4) is 5.69 Å². The normalized spacial score (nSPS) is 13.8. The maximum Gasteiger partial charge on any atom is 0.159 e. The number of thioether (sulfide) groups is 1. The van der Waals surface area contributed by atoms with E-state index in [2.05, 4.69) is 64.1 Å². The summed E-state index contributed by atoms with van der Waals surface area (Å²) >= 11 is 1.68. The van der Waals surface area contributed by atoms with Gasteiger partial charge in [-0.1, -0.05) is 32.0 Å². The summed E-state index contributed by atoms with van der Waals surface area (Å²) < 4.78 is 2.16. The maximum absolute atomic E-state index is 4.65. The van der Waals surface area contributed by atoms with Crippen LogP contribution in [0.15, 0.2) is 29.3 Å². The van der Waals surface area contributed by atoms with Crippen LogP contribution in [-0.4, -0.2) is 26.1 Å². The molecule has 0 unspecified atom stereocenters. The SMILES string of the molecule is CSC1=NCc2nnc(C(C)C)n2-c2ccccc21. The van der Waals surface area contributed by atoms with E-state index < -0.39 is 0 Å². The van der Waals surface area contributed by atoms with Gasteiger partial charge in [-0.2, -0.15) is 0 Å². The topological polar surface area (TPSA) is 43.1 Å². The Morgan fingerprint density at radius 1 is 1.21 bits per heavy atom. The van der Waals surface area contributed by atoms with Crippen LogP contribution < -0.4 is 0 Å². The number of benzene rings is 1. The molecule has 5 heteroatoms. The number of hydrogen-bond donors (Lipinski definition) is 0. The summed E-state index contributed by atoms with van der Waals surface area (Å²) in [6.07, 6.45) is 2.06. The van der Waals surface area contributed by atoms with Gasteiger partial charge in [-0.05, 0) is 12.3 Å². The van der Waals surface area contributed by atoms with Crippen LogP contribution in [0.1, 0.15) is 37.0 Å². The third-order valence-corrected chi connectivity index (χ3v) is 3.94. The molecule has 0 radical (unpaired) electrons. The quantitative estimate of drug-likeness (QED) is 0.801. The summed E-state index contributed by atoms with van der Waals surface area (Å²) in [5, 5.41) is 9.69. The Morgan fingerprint density at radius 2 is 2.00 bits per heavy atom. The van der Waals surface area contributed by atoms with Crippen LogP contribution in [0.25, 0.3) is 5.69 Å². The van der Waals surface area contributed by atoms with E-state index in [-0.39, 0.29) is 0 Å². The highest BCUT2D eigenvalue weighted by atomic mass is 32.2. The first-order valence-electron chi connectivity index (χ1n) is 6.34. The monoisotopic (exact) mass is 272 g/mol. The second kappa shape index (κ2) is 4.81. The lowest BCUT2D eigenvalue weighted by Crippen LogP contribution is -2.08. The molecule has 0 saturated carbocycles. The summed E-state index contributed by atoms with van der Waals surface area (Å²) in [6, 6.07) is 8.33. The molecule has 0 aliphatic carbocycles. The minimum atomic E-state index is 0.338. The Hall–Kier alpha value is -1.62. The summed E-state index contributed by atoms with van der Waals surface area (Å²) in [6.45, 7) is 4.87. The van der Waals surface area contributed by atoms with Gasteiger partial charge in [0.2, 0.25) is 0 Å². The third-order valence-electron chi connectivity index (χ3n) is 3.20. The molecule has 0 spiro atoms. The van der Waals surface area contributed by atoms with Crippen molar-refractivity contribution < 1.29 is 0 Å². The van der Waals surface area contributed by atoms with Crippen LogP contribution >= 0.6 is 11.8 Å². The van der Waals surface area contributed by atoms with Gasteiger partial charge in [0.05, 0.1) is 5.69 Å². The summed E-state index contributed by atoms with van der Waals surface area (Å²) in [7, 11) is 0. The molecule has 19 heavy (non-hydrogen) atoms. The van der Waals surface area contributed by atoms with Gasteiger partial charge in [-0.3, -0.25) is 9.56 Å². The van der Waals surface area contributed by atoms with E-state index in [9.17, 15) is 0 Å². The van der Waals surface area contributed by atoms with Crippen molar-refractivity contribution in [2.24, 2.45) is 4.99 Å². The first kappa shape index (κ1) is 12.4. The van der Waals surface area contributed by atoms with E-state index in [4.69, 9.17) is 0 Å². The second-order valence-electron chi connectivity index (χ2n) is 4.81. The van der Waals surface area contributed by atoms with Crippen LogP contribution in [0.5, 0.6) is 0 Å². The largest absolute Gasteiger partial charge is 0.280 e. The first-order chi connectivity index (χ1) is 9.22. The van der Waals surface area contributed by atoms with E-state index in [1.807, 2.05) is 0 Å². The predicted octanol–water partition coefficient (Wildman–Crippen LogP) is 3.01. The molecular weight excluding hydrogens is 256 g/mol. The average Bonchev–Trinajstić information content (AvgIpc) is 2.77. The molecule has 0 fully saturated rings. The van der Waals surface area contributed by atoms with Gasteiger partial charge in [-0.15, -0.1) is 22.0 Å². The van der Waals surface area contributed by atoms with Gasteiger partial charge in [0, 0.05) is 11.5 Å². The van der Waals surface area contributed by atoms with Gasteiger partial charge in [0.15, 0.2) is 5.82 Å². The van der Waals surface area contributed by atoms with Gasteiger partial charge < -0.3 is 0 Å². The molecule has 0 N–H and O–H groups in total. The van der Waals surface area contributed by atoms with Crippen LogP contribution in [0.2, 0.25) is 0 Å². The average molecular weight is 272 g/mol. The van der Waals surface area contributed by atoms with Gasteiger partial charge in [-0.25, -0.2) is 0 Å². The molecule has 1 aliphatic heterocycles. The lowest BCUT2D eigenvalue weighted by Gasteiger charge is -2.13. The highest BCUT2D eigenvalue weighted by Gasteiger charge is 2.22. The van der Waals surface area contributed by atoms with Crippen molar-refractivity contribution >= 4 is 16.8 Å². The fraction of sp³-hybridized carbons (Fsp3) is 0.357. The number of nitrogens with zero attached hydrogens (tertiary/aromatic N) is 4. The molecule has 0 saturated heterocycles. The molecule has 1 aromatic carbocycles. The molecular formula is C14H16N4S. The van der Waals surface area contributed by atoms with E-state index in [0.29, 0.717) is 12.5 Å². The number of aromatic nitrogens is 3. The molecule has 2 aromatic rings. The first-order valence-corrected chi connectivity index (χ1v) is 7.57. The van der Waals surface area contributed by atoms with Crippen LogP contribution in [0.4, 0.5) is 0 Å². The summed E-state index contributed by atoms with van der Waals surface area (Å²) in [5.41, 5.74) is 2.30. The molecule has 3 rings (SSSR count). The van der Waals surface area contributed by atoms with Gasteiger partial charge >= 0.3 is 0 Å². The smallest absolute Gasteiger partial charge is 0.159 e. The maximum atomic E-state index is 4.65. The Kier molecular flexibility index (Phi) is 3.14. The number of hydrogen-bond acceptors (Lipinski definition) is 4. The third kappa shape index (κ3) is 1.98. The van der Waals surface area contributed by atoms with E-state index in [1.165, 1.54) is 0 Å². The summed E-state index contributed by atoms with van der Waals surface area (Å²) in [5.74, 6) is 2.25. The Morgan fingerprint density at radius 3 is 2.74 bits per heavy atom. The van der Waals surface area contributed by atoms with Gasteiger partial charge in [0.1, 0.15) is 17.4 Å². The molecule has 0 atom stereocenters. The number of rotatable bonds is 1.